The lowest BCUT2D eigenvalue weighted by molar-refractivity contribution is 0.631. The highest BCUT2D eigenvalue weighted by atomic mass is 16.3. The first-order chi connectivity index (χ1) is 27.3. The molecule has 0 fully saturated rings. The highest BCUT2D eigenvalue weighted by Crippen LogP contribution is 2.50. The lowest BCUT2D eigenvalue weighted by Gasteiger charge is -2.18. The van der Waals surface area contributed by atoms with Gasteiger partial charge < -0.3 is 13.3 Å². The van der Waals surface area contributed by atoms with Crippen LogP contribution in [0.3, 0.4) is 0 Å². The van der Waals surface area contributed by atoms with Crippen molar-refractivity contribution >= 4 is 76.4 Å². The molecule has 55 heavy (non-hydrogen) atoms. The van der Waals surface area contributed by atoms with E-state index in [0.29, 0.717) is 0 Å². The largest absolute Gasteiger partial charge is 0.456 e. The summed E-state index contributed by atoms with van der Waals surface area (Å²) in [6.45, 7) is 0. The summed E-state index contributed by atoms with van der Waals surface area (Å²) >= 11 is 0. The summed E-state index contributed by atoms with van der Waals surface area (Å²) in [7, 11) is 0. The third kappa shape index (κ3) is 4.38. The molecule has 0 amide bonds. The standard InChI is InChI=1S/C52H30O3/c1-3-14-31(15-4-1)47-50-45(54-51(47)32-16-5-2-6-17-32)29-27-40-49-39(23-13-25-44(49)55-52(40)50)48-37-21-9-7-19-35(37)46(36-20-8-10-22-38(36)48)33-26-28-43-41(30-33)34-18-11-12-24-42(34)53-43/h1-30H. The van der Waals surface area contributed by atoms with Gasteiger partial charge in [-0.05, 0) is 85.8 Å². The molecule has 0 aliphatic rings. The molecule has 0 bridgehead atoms. The smallest absolute Gasteiger partial charge is 0.147 e. The molecule has 3 heteroatoms. The zero-order valence-electron chi connectivity index (χ0n) is 29.5. The maximum Gasteiger partial charge on any atom is 0.147 e. The number of fused-ring (bicyclic) bond motifs is 10. The highest BCUT2D eigenvalue weighted by Gasteiger charge is 2.25. The van der Waals surface area contributed by atoms with Crippen LogP contribution in [-0.4, -0.2) is 0 Å². The van der Waals surface area contributed by atoms with Crippen LogP contribution < -0.4 is 0 Å². The normalized spacial score (nSPS) is 12.0. The van der Waals surface area contributed by atoms with Gasteiger partial charge in [0.15, 0.2) is 0 Å². The highest BCUT2D eigenvalue weighted by molar-refractivity contribution is 6.28. The predicted molar refractivity (Wildman–Crippen MR) is 228 cm³/mol. The topological polar surface area (TPSA) is 39.4 Å². The van der Waals surface area contributed by atoms with E-state index in [2.05, 4.69) is 164 Å². The molecule has 0 saturated heterocycles. The van der Waals surface area contributed by atoms with E-state index in [0.717, 1.165) is 88.4 Å². The van der Waals surface area contributed by atoms with Gasteiger partial charge >= 0.3 is 0 Å². The molecule has 3 heterocycles. The van der Waals surface area contributed by atoms with Crippen LogP contribution in [0.15, 0.2) is 195 Å². The first-order valence-corrected chi connectivity index (χ1v) is 18.7. The van der Waals surface area contributed by atoms with Gasteiger partial charge in [-0.2, -0.15) is 0 Å². The fraction of sp³-hybridized carbons (Fsp3) is 0. The fourth-order valence-corrected chi connectivity index (χ4v) is 8.96. The third-order valence-corrected chi connectivity index (χ3v) is 11.3. The van der Waals surface area contributed by atoms with Crippen molar-refractivity contribution in [3.05, 3.63) is 182 Å². The predicted octanol–water partition coefficient (Wildman–Crippen LogP) is 15.2. The minimum atomic E-state index is 0.799. The van der Waals surface area contributed by atoms with Gasteiger partial charge in [0.1, 0.15) is 33.7 Å². The zero-order valence-corrected chi connectivity index (χ0v) is 29.5. The third-order valence-electron chi connectivity index (χ3n) is 11.3. The molecule has 3 nitrogen and oxygen atoms in total. The number of benzene rings is 9. The van der Waals surface area contributed by atoms with Crippen LogP contribution in [0.1, 0.15) is 0 Å². The maximum atomic E-state index is 6.96. The van der Waals surface area contributed by atoms with E-state index in [1.165, 1.54) is 32.7 Å². The molecule has 9 aromatic carbocycles. The van der Waals surface area contributed by atoms with E-state index < -0.39 is 0 Å². The molecule has 0 aliphatic carbocycles. The average Bonchev–Trinajstić information content (AvgIpc) is 3.95. The van der Waals surface area contributed by atoms with Gasteiger partial charge in [-0.3, -0.25) is 0 Å². The molecular formula is C52H30O3. The number of hydrogen-bond acceptors (Lipinski definition) is 3. The van der Waals surface area contributed by atoms with Gasteiger partial charge in [-0.15, -0.1) is 0 Å². The minimum Gasteiger partial charge on any atom is -0.456 e. The summed E-state index contributed by atoms with van der Waals surface area (Å²) in [5, 5.41) is 10.2. The second kappa shape index (κ2) is 11.6. The quantitative estimate of drug-likeness (QED) is 0.171. The van der Waals surface area contributed by atoms with E-state index >= 15 is 0 Å². The maximum absolute atomic E-state index is 6.96. The van der Waals surface area contributed by atoms with Gasteiger partial charge in [0.25, 0.3) is 0 Å². The Morgan fingerprint density at radius 1 is 0.273 bits per heavy atom. The molecule has 0 atom stereocenters. The second-order valence-corrected chi connectivity index (χ2v) is 14.3. The van der Waals surface area contributed by atoms with Gasteiger partial charge in [-0.25, -0.2) is 0 Å². The van der Waals surface area contributed by atoms with E-state index in [1.54, 1.807) is 0 Å². The molecule has 3 aromatic heterocycles. The van der Waals surface area contributed by atoms with Crippen LogP contribution >= 0.6 is 0 Å². The van der Waals surface area contributed by atoms with Crippen LogP contribution in [0.5, 0.6) is 0 Å². The zero-order chi connectivity index (χ0) is 36.0. The Hall–Kier alpha value is -7.36. The van der Waals surface area contributed by atoms with Crippen molar-refractivity contribution in [1.29, 1.82) is 0 Å². The summed E-state index contributed by atoms with van der Waals surface area (Å²) in [6.07, 6.45) is 0. The van der Waals surface area contributed by atoms with E-state index in [4.69, 9.17) is 13.3 Å². The first kappa shape index (κ1) is 30.1. The minimum absolute atomic E-state index is 0.799. The van der Waals surface area contributed by atoms with Crippen molar-refractivity contribution in [3.63, 3.8) is 0 Å². The number of para-hydroxylation sites is 1. The molecule has 0 saturated carbocycles. The Bertz CT molecular complexity index is 3420. The Morgan fingerprint density at radius 3 is 1.56 bits per heavy atom. The molecule has 12 rings (SSSR count). The molecule has 12 aromatic rings. The first-order valence-electron chi connectivity index (χ1n) is 18.7. The van der Waals surface area contributed by atoms with Crippen LogP contribution in [-0.2, 0) is 0 Å². The van der Waals surface area contributed by atoms with Crippen LogP contribution in [0.25, 0.3) is 121 Å². The molecular weight excluding hydrogens is 673 g/mol. The molecule has 0 unspecified atom stereocenters. The summed E-state index contributed by atoms with van der Waals surface area (Å²) < 4.78 is 19.9. The SMILES string of the molecule is c1ccc(-c2oc3ccc4c(oc5cccc(-c6c7ccccc7c(-c7ccc8oc9ccccc9c8c7)c7ccccc67)c54)c3c2-c2ccccc2)cc1. The van der Waals surface area contributed by atoms with Crippen molar-refractivity contribution in [2.45, 2.75) is 0 Å². The van der Waals surface area contributed by atoms with E-state index in [-0.39, 0.29) is 0 Å². The second-order valence-electron chi connectivity index (χ2n) is 14.3. The Balaban J connectivity index is 1.16. The fourth-order valence-electron chi connectivity index (χ4n) is 8.96. The molecule has 256 valence electrons. The number of furan rings is 3. The van der Waals surface area contributed by atoms with Crippen LogP contribution in [0.4, 0.5) is 0 Å². The summed E-state index contributed by atoms with van der Waals surface area (Å²) in [5.74, 6) is 0.837. The van der Waals surface area contributed by atoms with Crippen molar-refractivity contribution < 1.29 is 13.3 Å². The summed E-state index contributed by atoms with van der Waals surface area (Å²) in [5.41, 5.74) is 12.1. The average molecular weight is 703 g/mol. The van der Waals surface area contributed by atoms with Gasteiger partial charge in [0.05, 0.1) is 5.39 Å². The Morgan fingerprint density at radius 2 is 0.836 bits per heavy atom. The van der Waals surface area contributed by atoms with Crippen molar-refractivity contribution in [2.24, 2.45) is 0 Å². The van der Waals surface area contributed by atoms with Gasteiger partial charge in [0, 0.05) is 32.7 Å². The Kier molecular flexibility index (Phi) is 6.34. The number of hydrogen-bond donors (Lipinski definition) is 0. The van der Waals surface area contributed by atoms with Crippen molar-refractivity contribution in [1.82, 2.24) is 0 Å². The Labute approximate surface area is 315 Å². The summed E-state index contributed by atoms with van der Waals surface area (Å²) in [4.78, 5) is 0. The monoisotopic (exact) mass is 702 g/mol. The molecule has 0 radical (unpaired) electrons. The molecule has 0 spiro atoms. The van der Waals surface area contributed by atoms with E-state index in [9.17, 15) is 0 Å². The van der Waals surface area contributed by atoms with Crippen molar-refractivity contribution in [2.75, 3.05) is 0 Å². The van der Waals surface area contributed by atoms with Crippen molar-refractivity contribution in [3.8, 4) is 44.7 Å². The van der Waals surface area contributed by atoms with Crippen LogP contribution in [0.2, 0.25) is 0 Å². The van der Waals surface area contributed by atoms with Gasteiger partial charge in [0.2, 0.25) is 0 Å². The summed E-state index contributed by atoms with van der Waals surface area (Å²) in [6, 6.07) is 64.1. The van der Waals surface area contributed by atoms with Crippen LogP contribution in [0, 0.1) is 0 Å². The number of rotatable bonds is 4. The molecule has 0 aliphatic heterocycles. The van der Waals surface area contributed by atoms with E-state index in [1.807, 2.05) is 18.2 Å². The lowest BCUT2D eigenvalue weighted by atomic mass is 9.84. The molecule has 0 N–H and O–H groups in total. The van der Waals surface area contributed by atoms with Gasteiger partial charge in [-0.1, -0.05) is 146 Å². The lowest BCUT2D eigenvalue weighted by Crippen LogP contribution is -1.91.